The Hall–Kier alpha value is -2.47. The molecule has 0 aliphatic rings. The summed E-state index contributed by atoms with van der Waals surface area (Å²) in [5.74, 6) is -0.413. The lowest BCUT2D eigenvalue weighted by Crippen LogP contribution is -2.30. The summed E-state index contributed by atoms with van der Waals surface area (Å²) in [6.45, 7) is 4.26. The second-order valence-corrected chi connectivity index (χ2v) is 6.75. The molecule has 4 N–H and O–H groups in total. The quantitative estimate of drug-likeness (QED) is 0.403. The van der Waals surface area contributed by atoms with Gasteiger partial charge in [-0.05, 0) is 25.0 Å². The summed E-state index contributed by atoms with van der Waals surface area (Å²) < 4.78 is 10.9. The summed E-state index contributed by atoms with van der Waals surface area (Å²) in [6, 6.07) is 19.5. The van der Waals surface area contributed by atoms with Crippen LogP contribution in [0.2, 0.25) is 0 Å². The molecular formula is C22H28N2O3. The largest absolute Gasteiger partial charge is 0.462 e. The molecule has 0 aliphatic carbocycles. The van der Waals surface area contributed by atoms with Crippen LogP contribution >= 0.6 is 0 Å². The Morgan fingerprint density at radius 1 is 0.926 bits per heavy atom. The van der Waals surface area contributed by atoms with Crippen LogP contribution in [0.1, 0.15) is 31.4 Å². The van der Waals surface area contributed by atoms with Gasteiger partial charge in [-0.25, -0.2) is 4.79 Å². The first-order chi connectivity index (χ1) is 13.0. The number of nitrogens with two attached hydrogens (primary N) is 2. The Kier molecular flexibility index (Phi) is 7.73. The van der Waals surface area contributed by atoms with Gasteiger partial charge in [0.1, 0.15) is 0 Å². The maximum Gasteiger partial charge on any atom is 0.335 e. The van der Waals surface area contributed by atoms with Gasteiger partial charge in [0.25, 0.3) is 0 Å². The Bertz CT molecular complexity index is 714. The van der Waals surface area contributed by atoms with E-state index in [9.17, 15) is 4.79 Å². The van der Waals surface area contributed by atoms with Crippen molar-refractivity contribution in [2.45, 2.75) is 25.9 Å². The number of rotatable bonds is 9. The number of benzene rings is 2. The van der Waals surface area contributed by atoms with E-state index >= 15 is 0 Å². The van der Waals surface area contributed by atoms with Crippen LogP contribution in [0, 0.1) is 0 Å². The SMILES string of the molecule is CC(C)(CCOC(=O)C(CN)=C(c1ccccc1)c1ccccc1)OCN. The van der Waals surface area contributed by atoms with Crippen molar-refractivity contribution in [1.82, 2.24) is 0 Å². The van der Waals surface area contributed by atoms with E-state index in [0.29, 0.717) is 12.0 Å². The average Bonchev–Trinajstić information content (AvgIpc) is 2.67. The molecule has 5 nitrogen and oxygen atoms in total. The molecule has 2 aromatic rings. The lowest BCUT2D eigenvalue weighted by atomic mass is 9.93. The van der Waals surface area contributed by atoms with Gasteiger partial charge in [0.2, 0.25) is 0 Å². The molecule has 0 heterocycles. The predicted molar refractivity (Wildman–Crippen MR) is 108 cm³/mol. The number of hydrogen-bond acceptors (Lipinski definition) is 5. The summed E-state index contributed by atoms with van der Waals surface area (Å²) >= 11 is 0. The molecule has 0 spiro atoms. The van der Waals surface area contributed by atoms with Gasteiger partial charge >= 0.3 is 5.97 Å². The average molecular weight is 368 g/mol. The van der Waals surface area contributed by atoms with Gasteiger partial charge in [0.15, 0.2) is 0 Å². The van der Waals surface area contributed by atoms with Crippen LogP contribution in [0.4, 0.5) is 0 Å². The van der Waals surface area contributed by atoms with Crippen molar-refractivity contribution in [3.05, 3.63) is 77.4 Å². The van der Waals surface area contributed by atoms with E-state index in [2.05, 4.69) is 0 Å². The molecule has 0 saturated carbocycles. The third kappa shape index (κ3) is 6.03. The van der Waals surface area contributed by atoms with Crippen molar-refractivity contribution in [2.75, 3.05) is 19.9 Å². The van der Waals surface area contributed by atoms with Crippen LogP contribution < -0.4 is 11.5 Å². The first-order valence-electron chi connectivity index (χ1n) is 9.03. The van der Waals surface area contributed by atoms with Gasteiger partial charge in [0.05, 0.1) is 24.5 Å². The number of carbonyl (C=O) groups excluding carboxylic acids is 1. The molecule has 0 fully saturated rings. The Balaban J connectivity index is 2.29. The van der Waals surface area contributed by atoms with E-state index < -0.39 is 11.6 Å². The van der Waals surface area contributed by atoms with E-state index in [4.69, 9.17) is 20.9 Å². The Morgan fingerprint density at radius 3 is 1.89 bits per heavy atom. The standard InChI is InChI=1S/C22H28N2O3/c1-22(2,27-16-24)13-14-26-21(25)19(15-23)20(17-9-5-3-6-10-17)18-11-7-4-8-12-18/h3-12H,13-16,23-24H2,1-2H3. The molecule has 5 heteroatoms. The van der Waals surface area contributed by atoms with Crippen molar-refractivity contribution >= 4 is 11.5 Å². The van der Waals surface area contributed by atoms with Crippen LogP contribution in [0.15, 0.2) is 66.2 Å². The normalized spacial score (nSPS) is 11.1. The first-order valence-corrected chi connectivity index (χ1v) is 9.03. The van der Waals surface area contributed by atoms with Crippen LogP contribution in [0.5, 0.6) is 0 Å². The van der Waals surface area contributed by atoms with E-state index in [1.165, 1.54) is 0 Å². The van der Waals surface area contributed by atoms with E-state index in [0.717, 1.165) is 16.7 Å². The Morgan fingerprint density at radius 2 is 1.44 bits per heavy atom. The summed E-state index contributed by atoms with van der Waals surface area (Å²) in [7, 11) is 0. The van der Waals surface area contributed by atoms with Gasteiger partial charge < -0.3 is 20.9 Å². The fourth-order valence-corrected chi connectivity index (χ4v) is 2.79. The highest BCUT2D eigenvalue weighted by Gasteiger charge is 2.21. The molecule has 2 aromatic carbocycles. The zero-order valence-electron chi connectivity index (χ0n) is 16.0. The molecule has 27 heavy (non-hydrogen) atoms. The number of ether oxygens (including phenoxy) is 2. The minimum atomic E-state index is -0.455. The zero-order chi connectivity index (χ0) is 19.7. The number of esters is 1. The van der Waals surface area contributed by atoms with Crippen molar-refractivity contribution in [3.8, 4) is 0 Å². The Labute approximate surface area is 161 Å². The van der Waals surface area contributed by atoms with Crippen LogP contribution in [0.25, 0.3) is 5.57 Å². The molecule has 0 saturated heterocycles. The van der Waals surface area contributed by atoms with E-state index in [1.54, 1.807) is 0 Å². The van der Waals surface area contributed by atoms with Crippen LogP contribution in [-0.4, -0.2) is 31.5 Å². The van der Waals surface area contributed by atoms with Gasteiger partial charge in [-0.2, -0.15) is 0 Å². The fourth-order valence-electron chi connectivity index (χ4n) is 2.79. The molecule has 0 radical (unpaired) electrons. The highest BCUT2D eigenvalue weighted by Crippen LogP contribution is 2.27. The molecule has 0 aliphatic heterocycles. The predicted octanol–water partition coefficient (Wildman–Crippen LogP) is 3.09. The van der Waals surface area contributed by atoms with Gasteiger partial charge in [0, 0.05) is 18.5 Å². The minimum absolute atomic E-state index is 0.0840. The van der Waals surface area contributed by atoms with Crippen molar-refractivity contribution < 1.29 is 14.3 Å². The van der Waals surface area contributed by atoms with Crippen molar-refractivity contribution in [2.24, 2.45) is 11.5 Å². The topological polar surface area (TPSA) is 87.6 Å². The maximum atomic E-state index is 12.8. The van der Waals surface area contributed by atoms with E-state index in [-0.39, 0.29) is 19.9 Å². The second-order valence-electron chi connectivity index (χ2n) is 6.75. The molecular weight excluding hydrogens is 340 g/mol. The van der Waals surface area contributed by atoms with Crippen LogP contribution in [0.3, 0.4) is 0 Å². The van der Waals surface area contributed by atoms with Crippen molar-refractivity contribution in [1.29, 1.82) is 0 Å². The fraction of sp³-hybridized carbons (Fsp3) is 0.318. The molecule has 0 unspecified atom stereocenters. The first kappa shape index (κ1) is 20.8. The number of hydrogen-bond donors (Lipinski definition) is 2. The van der Waals surface area contributed by atoms with E-state index in [1.807, 2.05) is 74.5 Å². The zero-order valence-corrected chi connectivity index (χ0v) is 16.0. The molecule has 0 atom stereocenters. The highest BCUT2D eigenvalue weighted by molar-refractivity contribution is 6.02. The van der Waals surface area contributed by atoms with Crippen LogP contribution in [-0.2, 0) is 14.3 Å². The van der Waals surface area contributed by atoms with Gasteiger partial charge in [-0.1, -0.05) is 60.7 Å². The smallest absolute Gasteiger partial charge is 0.335 e. The van der Waals surface area contributed by atoms with Crippen molar-refractivity contribution in [3.63, 3.8) is 0 Å². The summed E-state index contributed by atoms with van der Waals surface area (Å²) in [4.78, 5) is 12.8. The monoisotopic (exact) mass is 368 g/mol. The summed E-state index contributed by atoms with van der Waals surface area (Å²) in [5, 5.41) is 0. The maximum absolute atomic E-state index is 12.8. The second kappa shape index (κ2) is 10.0. The third-order valence-corrected chi connectivity index (χ3v) is 4.29. The van der Waals surface area contributed by atoms with Gasteiger partial charge in [-0.15, -0.1) is 0 Å². The van der Waals surface area contributed by atoms with Gasteiger partial charge in [-0.3, -0.25) is 0 Å². The third-order valence-electron chi connectivity index (χ3n) is 4.29. The molecule has 2 rings (SSSR count). The number of carbonyl (C=O) groups is 1. The molecule has 0 amide bonds. The summed E-state index contributed by atoms with van der Waals surface area (Å²) in [6.07, 6.45) is 0.541. The molecule has 0 bridgehead atoms. The highest BCUT2D eigenvalue weighted by atomic mass is 16.5. The summed E-state index contributed by atoms with van der Waals surface area (Å²) in [5.41, 5.74) is 14.0. The molecule has 144 valence electrons. The lowest BCUT2D eigenvalue weighted by Gasteiger charge is -2.24. The molecule has 0 aromatic heterocycles. The minimum Gasteiger partial charge on any atom is -0.462 e. The lowest BCUT2D eigenvalue weighted by molar-refractivity contribution is -0.140.